The molecule has 0 spiro atoms. The van der Waals surface area contributed by atoms with Crippen molar-refractivity contribution < 1.29 is 18.7 Å². The van der Waals surface area contributed by atoms with Crippen molar-refractivity contribution in [2.45, 2.75) is 45.6 Å². The van der Waals surface area contributed by atoms with Gasteiger partial charge in [0.1, 0.15) is 5.82 Å². The summed E-state index contributed by atoms with van der Waals surface area (Å²) in [6.07, 6.45) is 0. The first-order valence-electron chi connectivity index (χ1n) is 12.3. The number of nitrogens with zero attached hydrogens (tertiary/aromatic N) is 3. The Morgan fingerprint density at radius 3 is 2.51 bits per heavy atom. The Morgan fingerprint density at radius 1 is 1.14 bits per heavy atom. The summed E-state index contributed by atoms with van der Waals surface area (Å²) in [5.41, 5.74) is 2.78. The van der Waals surface area contributed by atoms with Crippen molar-refractivity contribution in [1.29, 1.82) is 0 Å². The molecule has 2 aromatic carbocycles. The van der Waals surface area contributed by atoms with Crippen LogP contribution in [0.25, 0.3) is 5.69 Å². The van der Waals surface area contributed by atoms with Crippen LogP contribution in [0, 0.1) is 5.82 Å². The molecule has 3 aromatic rings. The molecule has 0 aliphatic carbocycles. The van der Waals surface area contributed by atoms with Crippen LogP contribution in [0.15, 0.2) is 48.5 Å². The lowest BCUT2D eigenvalue weighted by Gasteiger charge is -2.27. The molecule has 1 N–H and O–H groups in total. The standard InChI is InChI=1S/C28H32ClFN4O3/c1-18(19-8-9-23(24(30)14-19)27(36)33-10-12-37-13-11-33)26(35)31-17-22-16-25(28(2,3)4)32-34(22)21-7-5-6-20(29)15-21/h5-9,14-16,18H,10-13,17H2,1-4H3,(H,31,35). The van der Waals surface area contributed by atoms with E-state index in [1.54, 1.807) is 28.6 Å². The number of carbonyl (C=O) groups is 2. The normalized spacial score (nSPS) is 14.9. The molecule has 9 heteroatoms. The van der Waals surface area contributed by atoms with Gasteiger partial charge < -0.3 is 15.0 Å². The van der Waals surface area contributed by atoms with Gasteiger partial charge in [-0.05, 0) is 48.9 Å². The van der Waals surface area contributed by atoms with Crippen LogP contribution in [0.5, 0.6) is 0 Å². The van der Waals surface area contributed by atoms with Gasteiger partial charge in [0, 0.05) is 23.5 Å². The van der Waals surface area contributed by atoms with Crippen molar-refractivity contribution in [3.8, 4) is 5.69 Å². The summed E-state index contributed by atoms with van der Waals surface area (Å²) in [5, 5.41) is 8.30. The van der Waals surface area contributed by atoms with Gasteiger partial charge in [-0.2, -0.15) is 5.10 Å². The first-order valence-corrected chi connectivity index (χ1v) is 12.7. The molecular formula is C28H32ClFN4O3. The molecule has 1 aliphatic rings. The summed E-state index contributed by atoms with van der Waals surface area (Å²) >= 11 is 6.20. The average molecular weight is 527 g/mol. The highest BCUT2D eigenvalue weighted by molar-refractivity contribution is 6.30. The van der Waals surface area contributed by atoms with Gasteiger partial charge >= 0.3 is 0 Å². The molecule has 1 fully saturated rings. The number of hydrogen-bond donors (Lipinski definition) is 1. The SMILES string of the molecule is CC(C(=O)NCc1cc(C(C)(C)C)nn1-c1cccc(Cl)c1)c1ccc(C(=O)N2CCOCC2)c(F)c1. The van der Waals surface area contributed by atoms with Crippen LogP contribution < -0.4 is 5.32 Å². The fraction of sp³-hybridized carbons (Fsp3) is 0.393. The van der Waals surface area contributed by atoms with Crippen molar-refractivity contribution in [3.63, 3.8) is 0 Å². The summed E-state index contributed by atoms with van der Waals surface area (Å²) in [6.45, 7) is 9.91. The van der Waals surface area contributed by atoms with E-state index in [0.717, 1.165) is 17.1 Å². The van der Waals surface area contributed by atoms with Gasteiger partial charge in [-0.15, -0.1) is 0 Å². The van der Waals surface area contributed by atoms with Gasteiger partial charge in [0.15, 0.2) is 0 Å². The number of hydrogen-bond acceptors (Lipinski definition) is 4. The monoisotopic (exact) mass is 526 g/mol. The summed E-state index contributed by atoms with van der Waals surface area (Å²) in [5.74, 6) is -1.88. The van der Waals surface area contributed by atoms with Crippen molar-refractivity contribution in [2.75, 3.05) is 26.3 Å². The first-order chi connectivity index (χ1) is 17.5. The molecule has 1 saturated heterocycles. The zero-order valence-electron chi connectivity index (χ0n) is 21.6. The maximum Gasteiger partial charge on any atom is 0.256 e. The highest BCUT2D eigenvalue weighted by Gasteiger charge is 2.24. The minimum atomic E-state index is -0.637. The highest BCUT2D eigenvalue weighted by Crippen LogP contribution is 2.25. The van der Waals surface area contributed by atoms with Crippen molar-refractivity contribution in [1.82, 2.24) is 20.0 Å². The van der Waals surface area contributed by atoms with Crippen molar-refractivity contribution in [3.05, 3.63) is 81.9 Å². The Balaban J connectivity index is 1.49. The Kier molecular flexibility index (Phi) is 7.99. The van der Waals surface area contributed by atoms with Gasteiger partial charge in [-0.3, -0.25) is 9.59 Å². The average Bonchev–Trinajstić information content (AvgIpc) is 3.32. The molecule has 0 radical (unpaired) electrons. The van der Waals surface area contributed by atoms with Crippen LogP contribution >= 0.6 is 11.6 Å². The third-order valence-corrected chi connectivity index (χ3v) is 6.70. The van der Waals surface area contributed by atoms with Gasteiger partial charge in [-0.25, -0.2) is 9.07 Å². The van der Waals surface area contributed by atoms with Gasteiger partial charge in [0.25, 0.3) is 5.91 Å². The molecule has 1 aliphatic heterocycles. The van der Waals surface area contributed by atoms with Gasteiger partial charge in [-0.1, -0.05) is 44.5 Å². The number of carbonyl (C=O) groups excluding carboxylic acids is 2. The Labute approximate surface area is 221 Å². The summed E-state index contributed by atoms with van der Waals surface area (Å²) in [6, 6.07) is 13.7. The number of nitrogens with one attached hydrogen (secondary N) is 1. The molecule has 4 rings (SSSR count). The topological polar surface area (TPSA) is 76.5 Å². The van der Waals surface area contributed by atoms with Gasteiger partial charge in [0.05, 0.1) is 48.3 Å². The van der Waals surface area contributed by atoms with Crippen LogP contribution in [0.1, 0.15) is 60.9 Å². The minimum absolute atomic E-state index is 0.00149. The molecule has 0 bridgehead atoms. The van der Waals surface area contributed by atoms with E-state index in [9.17, 15) is 14.0 Å². The number of halogens is 2. The maximum absolute atomic E-state index is 14.9. The molecule has 196 valence electrons. The fourth-order valence-electron chi connectivity index (χ4n) is 4.14. The number of rotatable bonds is 6. The lowest BCUT2D eigenvalue weighted by atomic mass is 9.92. The maximum atomic E-state index is 14.9. The van der Waals surface area contributed by atoms with Crippen LogP contribution in [0.4, 0.5) is 4.39 Å². The second kappa shape index (κ2) is 11.0. The Morgan fingerprint density at radius 2 is 1.86 bits per heavy atom. The van der Waals surface area contributed by atoms with Crippen LogP contribution in [-0.4, -0.2) is 52.8 Å². The highest BCUT2D eigenvalue weighted by atomic mass is 35.5. The van der Waals surface area contributed by atoms with E-state index >= 15 is 0 Å². The third-order valence-electron chi connectivity index (χ3n) is 6.46. The predicted molar refractivity (Wildman–Crippen MR) is 141 cm³/mol. The van der Waals surface area contributed by atoms with Crippen molar-refractivity contribution in [2.24, 2.45) is 0 Å². The summed E-state index contributed by atoms with van der Waals surface area (Å²) in [4.78, 5) is 27.3. The molecule has 7 nitrogen and oxygen atoms in total. The minimum Gasteiger partial charge on any atom is -0.378 e. The lowest BCUT2D eigenvalue weighted by Crippen LogP contribution is -2.41. The molecule has 0 saturated carbocycles. The summed E-state index contributed by atoms with van der Waals surface area (Å²) in [7, 11) is 0. The lowest BCUT2D eigenvalue weighted by molar-refractivity contribution is -0.122. The molecule has 1 aromatic heterocycles. The smallest absolute Gasteiger partial charge is 0.256 e. The first kappa shape index (κ1) is 26.8. The molecule has 1 atom stereocenters. The van der Waals surface area contributed by atoms with E-state index in [1.165, 1.54) is 12.1 Å². The number of morpholine rings is 1. The van der Waals surface area contributed by atoms with Crippen LogP contribution in [0.3, 0.4) is 0 Å². The zero-order chi connectivity index (χ0) is 26.7. The molecule has 37 heavy (non-hydrogen) atoms. The van der Waals surface area contributed by atoms with E-state index in [4.69, 9.17) is 21.4 Å². The van der Waals surface area contributed by atoms with E-state index < -0.39 is 11.7 Å². The van der Waals surface area contributed by atoms with E-state index in [2.05, 4.69) is 26.1 Å². The molecular weight excluding hydrogens is 495 g/mol. The zero-order valence-corrected chi connectivity index (χ0v) is 22.3. The van der Waals surface area contributed by atoms with Crippen LogP contribution in [-0.2, 0) is 21.5 Å². The van der Waals surface area contributed by atoms with Crippen molar-refractivity contribution >= 4 is 23.4 Å². The van der Waals surface area contributed by atoms with Gasteiger partial charge in [0.2, 0.25) is 5.91 Å². The number of aromatic nitrogens is 2. The van der Waals surface area contributed by atoms with E-state index in [0.29, 0.717) is 36.9 Å². The molecule has 2 heterocycles. The van der Waals surface area contributed by atoms with Crippen LogP contribution in [0.2, 0.25) is 5.02 Å². The second-order valence-electron chi connectivity index (χ2n) is 10.2. The predicted octanol–water partition coefficient (Wildman–Crippen LogP) is 4.85. The third kappa shape index (κ3) is 6.19. The Bertz CT molecular complexity index is 1290. The van der Waals surface area contributed by atoms with E-state index in [1.807, 2.05) is 24.3 Å². The Hall–Kier alpha value is -3.23. The summed E-state index contributed by atoms with van der Waals surface area (Å²) < 4.78 is 21.9. The quantitative estimate of drug-likeness (QED) is 0.498. The molecule has 2 amide bonds. The number of benzene rings is 2. The fourth-order valence-corrected chi connectivity index (χ4v) is 4.32. The number of ether oxygens (including phenoxy) is 1. The number of amides is 2. The van der Waals surface area contributed by atoms with E-state index in [-0.39, 0.29) is 29.3 Å². The largest absolute Gasteiger partial charge is 0.378 e. The second-order valence-corrected chi connectivity index (χ2v) is 10.7. The molecule has 1 unspecified atom stereocenters.